The Morgan fingerprint density at radius 3 is 2.50 bits per heavy atom. The zero-order valence-corrected chi connectivity index (χ0v) is 10.2. The van der Waals surface area contributed by atoms with Crippen LogP contribution in [0.5, 0.6) is 0 Å². The Labute approximate surface area is 88.9 Å². The van der Waals surface area contributed by atoms with Crippen LogP contribution in [0.1, 0.15) is 46.5 Å². The third kappa shape index (κ3) is 1.60. The van der Waals surface area contributed by atoms with Gasteiger partial charge in [0.15, 0.2) is 0 Å². The number of hydrogen-bond donors (Lipinski definition) is 0. The van der Waals surface area contributed by atoms with Gasteiger partial charge in [0.1, 0.15) is 0 Å². The lowest BCUT2D eigenvalue weighted by Crippen LogP contribution is -2.54. The van der Waals surface area contributed by atoms with Gasteiger partial charge < -0.3 is 4.90 Å². The van der Waals surface area contributed by atoms with Crippen LogP contribution in [0.15, 0.2) is 0 Å². The first-order valence-electron chi connectivity index (χ1n) is 6.25. The van der Waals surface area contributed by atoms with Crippen LogP contribution >= 0.6 is 0 Å². The van der Waals surface area contributed by atoms with E-state index in [4.69, 9.17) is 0 Å². The highest BCUT2D eigenvalue weighted by Gasteiger charge is 2.44. The fraction of sp³-hybridized carbons (Fsp3) is 1.00. The summed E-state index contributed by atoms with van der Waals surface area (Å²) in [6.45, 7) is 8.64. The van der Waals surface area contributed by atoms with Crippen molar-refractivity contribution in [3.63, 3.8) is 0 Å². The fourth-order valence-electron chi connectivity index (χ4n) is 3.58. The van der Waals surface area contributed by atoms with Crippen molar-refractivity contribution in [1.82, 2.24) is 4.90 Å². The first kappa shape index (κ1) is 10.5. The zero-order chi connectivity index (χ0) is 10.3. The molecule has 3 unspecified atom stereocenters. The maximum absolute atomic E-state index is 2.62. The third-order valence-electron chi connectivity index (χ3n) is 4.95. The summed E-state index contributed by atoms with van der Waals surface area (Å²) in [5, 5.41) is 0. The average Bonchev–Trinajstić information content (AvgIpc) is 2.18. The lowest BCUT2D eigenvalue weighted by molar-refractivity contribution is -0.0351. The number of nitrogens with zero attached hydrogens (tertiary/aromatic N) is 1. The van der Waals surface area contributed by atoms with Crippen LogP contribution in [0.25, 0.3) is 0 Å². The van der Waals surface area contributed by atoms with Gasteiger partial charge in [-0.05, 0) is 43.6 Å². The zero-order valence-electron chi connectivity index (χ0n) is 10.2. The van der Waals surface area contributed by atoms with E-state index in [-0.39, 0.29) is 0 Å². The second-order valence-electron chi connectivity index (χ2n) is 6.13. The largest absolute Gasteiger partial charge is 0.303 e. The maximum Gasteiger partial charge on any atom is 0.0126 e. The van der Waals surface area contributed by atoms with Gasteiger partial charge in [0.25, 0.3) is 0 Å². The first-order chi connectivity index (χ1) is 6.54. The molecule has 2 aliphatic heterocycles. The van der Waals surface area contributed by atoms with E-state index >= 15 is 0 Å². The van der Waals surface area contributed by atoms with E-state index in [0.717, 1.165) is 17.9 Å². The number of piperidine rings is 2. The maximum atomic E-state index is 2.62. The summed E-state index contributed by atoms with van der Waals surface area (Å²) in [5.74, 6) is 1.95. The van der Waals surface area contributed by atoms with Gasteiger partial charge in [-0.25, -0.2) is 0 Å². The van der Waals surface area contributed by atoms with Crippen LogP contribution < -0.4 is 0 Å². The average molecular weight is 195 g/mol. The molecule has 1 nitrogen and oxygen atoms in total. The molecule has 3 rings (SSSR count). The molecule has 3 fully saturated rings. The van der Waals surface area contributed by atoms with E-state index in [2.05, 4.69) is 32.7 Å². The summed E-state index contributed by atoms with van der Waals surface area (Å²) >= 11 is 0. The van der Waals surface area contributed by atoms with Crippen molar-refractivity contribution in [1.29, 1.82) is 0 Å². The molecule has 3 aliphatic rings. The van der Waals surface area contributed by atoms with Crippen LogP contribution in [-0.4, -0.2) is 24.5 Å². The van der Waals surface area contributed by atoms with Gasteiger partial charge in [0.05, 0.1) is 0 Å². The molecule has 2 saturated heterocycles. The van der Waals surface area contributed by atoms with Crippen molar-refractivity contribution >= 4 is 0 Å². The summed E-state index contributed by atoms with van der Waals surface area (Å²) in [5.41, 5.74) is 0.554. The van der Waals surface area contributed by atoms with Gasteiger partial charge in [0.2, 0.25) is 0 Å². The summed E-state index contributed by atoms with van der Waals surface area (Å²) in [6.07, 6.45) is 5.77. The summed E-state index contributed by atoms with van der Waals surface area (Å²) in [4.78, 5) is 2.62. The fourth-order valence-corrected chi connectivity index (χ4v) is 3.58. The number of hydrogen-bond acceptors (Lipinski definition) is 1. The van der Waals surface area contributed by atoms with Crippen molar-refractivity contribution in [2.45, 2.75) is 52.5 Å². The molecule has 0 aromatic rings. The molecular formula is C13H25N. The molecule has 1 saturated carbocycles. The molecule has 0 radical (unpaired) electrons. The highest BCUT2D eigenvalue weighted by molar-refractivity contribution is 4.97. The molecule has 2 bridgehead atoms. The molecule has 0 aromatic carbocycles. The van der Waals surface area contributed by atoms with Gasteiger partial charge in [-0.15, -0.1) is 0 Å². The Kier molecular flexibility index (Phi) is 2.63. The third-order valence-corrected chi connectivity index (χ3v) is 4.95. The van der Waals surface area contributed by atoms with Crippen molar-refractivity contribution in [2.24, 2.45) is 17.3 Å². The summed E-state index contributed by atoms with van der Waals surface area (Å²) in [7, 11) is 2.33. The first-order valence-corrected chi connectivity index (χ1v) is 6.25. The van der Waals surface area contributed by atoms with E-state index < -0.39 is 0 Å². The Morgan fingerprint density at radius 1 is 1.29 bits per heavy atom. The smallest absolute Gasteiger partial charge is 0.0126 e. The molecule has 0 N–H and O–H groups in total. The quantitative estimate of drug-likeness (QED) is 0.654. The van der Waals surface area contributed by atoms with Crippen LogP contribution in [0.3, 0.4) is 0 Å². The van der Waals surface area contributed by atoms with Crippen molar-refractivity contribution < 1.29 is 0 Å². The standard InChI is InChI=1S/C13H25N/c1-5-13(2,3)11-8-10-6-7-12(11)14(4)9-10/h10-12H,5-9H2,1-4H3. The van der Waals surface area contributed by atoms with E-state index in [1.54, 1.807) is 0 Å². The van der Waals surface area contributed by atoms with Crippen LogP contribution in [0.4, 0.5) is 0 Å². The highest BCUT2D eigenvalue weighted by atomic mass is 15.2. The molecule has 82 valence electrons. The van der Waals surface area contributed by atoms with Crippen molar-refractivity contribution in [3.8, 4) is 0 Å². The van der Waals surface area contributed by atoms with Crippen LogP contribution in [0.2, 0.25) is 0 Å². The predicted octanol–water partition coefficient (Wildman–Crippen LogP) is 3.15. The molecule has 14 heavy (non-hydrogen) atoms. The minimum absolute atomic E-state index is 0.554. The highest BCUT2D eigenvalue weighted by Crippen LogP contribution is 2.47. The van der Waals surface area contributed by atoms with Crippen molar-refractivity contribution in [2.75, 3.05) is 13.6 Å². The monoisotopic (exact) mass is 195 g/mol. The Bertz CT molecular complexity index is 209. The van der Waals surface area contributed by atoms with E-state index in [1.807, 2.05) is 0 Å². The molecule has 0 amide bonds. The second kappa shape index (κ2) is 3.52. The number of rotatable bonds is 2. The van der Waals surface area contributed by atoms with Crippen LogP contribution in [0, 0.1) is 17.3 Å². The SMILES string of the molecule is CCC(C)(C)C1CC2CCC1N(C)C2. The van der Waals surface area contributed by atoms with Crippen LogP contribution in [-0.2, 0) is 0 Å². The minimum Gasteiger partial charge on any atom is -0.303 e. The lowest BCUT2D eigenvalue weighted by Gasteiger charge is -2.53. The lowest BCUT2D eigenvalue weighted by atomic mass is 9.62. The van der Waals surface area contributed by atoms with Gasteiger partial charge >= 0.3 is 0 Å². The Morgan fingerprint density at radius 2 is 2.00 bits per heavy atom. The molecule has 0 spiro atoms. The predicted molar refractivity (Wildman–Crippen MR) is 61.3 cm³/mol. The van der Waals surface area contributed by atoms with Gasteiger partial charge in [-0.2, -0.15) is 0 Å². The van der Waals surface area contributed by atoms with Crippen molar-refractivity contribution in [3.05, 3.63) is 0 Å². The van der Waals surface area contributed by atoms with Gasteiger partial charge in [-0.1, -0.05) is 27.2 Å². The van der Waals surface area contributed by atoms with E-state index in [1.165, 1.54) is 32.2 Å². The number of fused-ring (bicyclic) bond motifs is 3. The molecule has 3 atom stereocenters. The van der Waals surface area contributed by atoms with Gasteiger partial charge in [-0.3, -0.25) is 0 Å². The molecule has 1 heteroatoms. The molecule has 0 aromatic heterocycles. The molecule has 1 aliphatic carbocycles. The Balaban J connectivity index is 2.14. The molecular weight excluding hydrogens is 170 g/mol. The summed E-state index contributed by atoms with van der Waals surface area (Å²) in [6, 6.07) is 0.884. The van der Waals surface area contributed by atoms with E-state index in [0.29, 0.717) is 5.41 Å². The minimum atomic E-state index is 0.554. The molecule has 2 heterocycles. The normalized spacial score (nSPS) is 39.0. The Hall–Kier alpha value is -0.0400. The van der Waals surface area contributed by atoms with Gasteiger partial charge in [0, 0.05) is 12.6 Å². The summed E-state index contributed by atoms with van der Waals surface area (Å²) < 4.78 is 0. The topological polar surface area (TPSA) is 3.24 Å². The van der Waals surface area contributed by atoms with E-state index in [9.17, 15) is 0 Å². The second-order valence-corrected chi connectivity index (χ2v) is 6.13.